The van der Waals surface area contributed by atoms with Gasteiger partial charge in [-0.2, -0.15) is 0 Å². The van der Waals surface area contributed by atoms with Crippen LogP contribution >= 0.6 is 0 Å². The fraction of sp³-hybridized carbons (Fsp3) is 0.667. The molecule has 0 N–H and O–H groups in total. The van der Waals surface area contributed by atoms with E-state index in [1.165, 1.54) is 4.90 Å². The van der Waals surface area contributed by atoms with Crippen LogP contribution in [-0.4, -0.2) is 51.8 Å². The molecular weight excluding hydrogens is 268 g/mol. The number of hydrogen-bond donors (Lipinski definition) is 0. The van der Waals surface area contributed by atoms with Gasteiger partial charge in [0.15, 0.2) is 0 Å². The summed E-state index contributed by atoms with van der Waals surface area (Å²) in [6.07, 6.45) is 4.32. The highest BCUT2D eigenvalue weighted by Crippen LogP contribution is 2.25. The topological polar surface area (TPSA) is 58.4 Å². The smallest absolute Gasteiger partial charge is 0.273 e. The Morgan fingerprint density at radius 2 is 2.10 bits per heavy atom. The Morgan fingerprint density at radius 1 is 1.38 bits per heavy atom. The molecule has 1 aromatic rings. The molecule has 0 radical (unpaired) electrons. The minimum Gasteiger partial charge on any atom is -0.343 e. The number of imidazole rings is 1. The van der Waals surface area contributed by atoms with Gasteiger partial charge < -0.3 is 14.4 Å². The average molecular weight is 292 g/mol. The molecule has 21 heavy (non-hydrogen) atoms. The van der Waals surface area contributed by atoms with Gasteiger partial charge in [-0.15, -0.1) is 0 Å². The van der Waals surface area contributed by atoms with Gasteiger partial charge in [-0.3, -0.25) is 9.59 Å². The molecule has 0 aromatic carbocycles. The number of hydrogen-bond acceptors (Lipinski definition) is 3. The van der Waals surface area contributed by atoms with E-state index in [0.717, 1.165) is 18.7 Å². The van der Waals surface area contributed by atoms with E-state index in [1.54, 1.807) is 20.3 Å². The Kier molecular flexibility index (Phi) is 4.65. The average Bonchev–Trinajstić information content (AvgIpc) is 2.89. The Balaban J connectivity index is 2.17. The number of unbranched alkanes of at least 4 members (excludes halogenated alkanes) is 1. The van der Waals surface area contributed by atoms with E-state index in [9.17, 15) is 9.59 Å². The normalized spacial score (nSPS) is 17.5. The van der Waals surface area contributed by atoms with Crippen molar-refractivity contribution in [2.24, 2.45) is 0 Å². The summed E-state index contributed by atoms with van der Waals surface area (Å²) in [5.41, 5.74) is 0.449. The molecule has 1 aliphatic heterocycles. The van der Waals surface area contributed by atoms with Crippen molar-refractivity contribution in [3.05, 3.63) is 17.7 Å². The zero-order chi connectivity index (χ0) is 15.6. The van der Waals surface area contributed by atoms with Crippen LogP contribution in [0.3, 0.4) is 0 Å². The number of aromatic nitrogens is 2. The third-order valence-electron chi connectivity index (χ3n) is 3.92. The first-order valence-corrected chi connectivity index (χ1v) is 7.53. The molecule has 0 saturated carbocycles. The van der Waals surface area contributed by atoms with Crippen molar-refractivity contribution in [3.63, 3.8) is 0 Å². The Labute approximate surface area is 125 Å². The highest BCUT2D eigenvalue weighted by molar-refractivity contribution is 5.91. The van der Waals surface area contributed by atoms with Crippen LogP contribution in [0, 0.1) is 0 Å². The van der Waals surface area contributed by atoms with Crippen LogP contribution in [0.25, 0.3) is 0 Å². The number of carbonyl (C=O) groups is 2. The summed E-state index contributed by atoms with van der Waals surface area (Å²) >= 11 is 0. The molecule has 116 valence electrons. The van der Waals surface area contributed by atoms with Crippen molar-refractivity contribution < 1.29 is 9.59 Å². The van der Waals surface area contributed by atoms with Crippen LogP contribution in [0.15, 0.2) is 6.20 Å². The molecule has 2 rings (SSSR count). The molecule has 2 amide bonds. The number of carbonyl (C=O) groups excluding carboxylic acids is 2. The summed E-state index contributed by atoms with van der Waals surface area (Å²) in [5, 5.41) is 0. The van der Waals surface area contributed by atoms with Gasteiger partial charge in [-0.25, -0.2) is 4.98 Å². The number of rotatable bonds is 4. The van der Waals surface area contributed by atoms with E-state index in [2.05, 4.69) is 11.9 Å². The van der Waals surface area contributed by atoms with Crippen molar-refractivity contribution in [2.45, 2.75) is 45.7 Å². The SMILES string of the molecule is CCCCC(=O)N1CCn2cc(C(=O)N(C)C)nc2C1C. The van der Waals surface area contributed by atoms with Gasteiger partial charge in [0.1, 0.15) is 11.5 Å². The summed E-state index contributed by atoms with van der Waals surface area (Å²) in [4.78, 5) is 32.1. The number of nitrogens with zero attached hydrogens (tertiary/aromatic N) is 4. The first kappa shape index (κ1) is 15.5. The third-order valence-corrected chi connectivity index (χ3v) is 3.92. The summed E-state index contributed by atoms with van der Waals surface area (Å²) in [7, 11) is 3.43. The summed E-state index contributed by atoms with van der Waals surface area (Å²) in [6.45, 7) is 5.44. The molecule has 0 saturated heterocycles. The van der Waals surface area contributed by atoms with Crippen LogP contribution in [0.1, 0.15) is 55.5 Å². The molecule has 0 spiro atoms. The molecule has 2 heterocycles. The van der Waals surface area contributed by atoms with Crippen molar-refractivity contribution >= 4 is 11.8 Å². The molecule has 0 aliphatic carbocycles. The van der Waals surface area contributed by atoms with Crippen LogP contribution in [-0.2, 0) is 11.3 Å². The van der Waals surface area contributed by atoms with E-state index in [4.69, 9.17) is 0 Å². The molecule has 1 aliphatic rings. The molecule has 6 nitrogen and oxygen atoms in total. The lowest BCUT2D eigenvalue weighted by atomic mass is 10.1. The predicted molar refractivity (Wildman–Crippen MR) is 79.9 cm³/mol. The Bertz CT molecular complexity index is 536. The molecule has 6 heteroatoms. The standard InChI is InChI=1S/C15H24N4O2/c1-5-6-7-13(20)19-9-8-18-10-12(15(21)17(3)4)16-14(18)11(19)2/h10-11H,5-9H2,1-4H3. The van der Waals surface area contributed by atoms with Gasteiger partial charge in [0, 0.05) is 39.8 Å². The van der Waals surface area contributed by atoms with E-state index in [-0.39, 0.29) is 17.9 Å². The van der Waals surface area contributed by atoms with Crippen molar-refractivity contribution in [1.82, 2.24) is 19.4 Å². The van der Waals surface area contributed by atoms with Crippen LogP contribution in [0.2, 0.25) is 0 Å². The Morgan fingerprint density at radius 3 is 2.71 bits per heavy atom. The molecule has 0 fully saturated rings. The predicted octanol–water partition coefficient (Wildman–Crippen LogP) is 1.68. The van der Waals surface area contributed by atoms with E-state index >= 15 is 0 Å². The maximum atomic E-state index is 12.2. The Hall–Kier alpha value is -1.85. The molecule has 1 atom stereocenters. The second-order valence-corrected chi connectivity index (χ2v) is 5.74. The van der Waals surface area contributed by atoms with Gasteiger partial charge in [0.2, 0.25) is 5.91 Å². The van der Waals surface area contributed by atoms with Gasteiger partial charge in [0.25, 0.3) is 5.91 Å². The fourth-order valence-electron chi connectivity index (χ4n) is 2.64. The first-order chi connectivity index (χ1) is 9.95. The summed E-state index contributed by atoms with van der Waals surface area (Å²) in [6, 6.07) is -0.0770. The zero-order valence-corrected chi connectivity index (χ0v) is 13.3. The minimum absolute atomic E-state index is 0.0770. The maximum Gasteiger partial charge on any atom is 0.273 e. The van der Waals surface area contributed by atoms with E-state index in [1.807, 2.05) is 16.4 Å². The molecule has 0 bridgehead atoms. The third kappa shape index (κ3) is 3.09. The van der Waals surface area contributed by atoms with Crippen molar-refractivity contribution in [1.29, 1.82) is 0 Å². The van der Waals surface area contributed by atoms with E-state index in [0.29, 0.717) is 25.2 Å². The number of amides is 2. The monoisotopic (exact) mass is 292 g/mol. The van der Waals surface area contributed by atoms with E-state index < -0.39 is 0 Å². The quantitative estimate of drug-likeness (QED) is 0.848. The lowest BCUT2D eigenvalue weighted by Gasteiger charge is -2.33. The summed E-state index contributed by atoms with van der Waals surface area (Å²) in [5.74, 6) is 0.878. The maximum absolute atomic E-state index is 12.2. The van der Waals surface area contributed by atoms with Gasteiger partial charge in [-0.05, 0) is 13.3 Å². The van der Waals surface area contributed by atoms with Crippen LogP contribution < -0.4 is 0 Å². The fourth-order valence-corrected chi connectivity index (χ4v) is 2.64. The highest BCUT2D eigenvalue weighted by atomic mass is 16.2. The van der Waals surface area contributed by atoms with Crippen molar-refractivity contribution in [2.75, 3.05) is 20.6 Å². The second kappa shape index (κ2) is 6.28. The lowest BCUT2D eigenvalue weighted by molar-refractivity contribution is -0.134. The molecule has 1 aromatic heterocycles. The largest absolute Gasteiger partial charge is 0.343 e. The molecular formula is C15H24N4O2. The summed E-state index contributed by atoms with van der Waals surface area (Å²) < 4.78 is 1.99. The van der Waals surface area contributed by atoms with Crippen LogP contribution in [0.4, 0.5) is 0 Å². The second-order valence-electron chi connectivity index (χ2n) is 5.74. The highest BCUT2D eigenvalue weighted by Gasteiger charge is 2.30. The van der Waals surface area contributed by atoms with Gasteiger partial charge in [0.05, 0.1) is 6.04 Å². The minimum atomic E-state index is -0.104. The zero-order valence-electron chi connectivity index (χ0n) is 13.3. The van der Waals surface area contributed by atoms with Crippen molar-refractivity contribution in [3.8, 4) is 0 Å². The van der Waals surface area contributed by atoms with Gasteiger partial charge >= 0.3 is 0 Å². The van der Waals surface area contributed by atoms with Gasteiger partial charge in [-0.1, -0.05) is 13.3 Å². The first-order valence-electron chi connectivity index (χ1n) is 7.53. The number of fused-ring (bicyclic) bond motifs is 1. The molecule has 1 unspecified atom stereocenters. The lowest BCUT2D eigenvalue weighted by Crippen LogP contribution is -2.41. The van der Waals surface area contributed by atoms with Crippen LogP contribution in [0.5, 0.6) is 0 Å².